The normalized spacial score (nSPS) is 11.8. The minimum atomic E-state index is -1.70. The first kappa shape index (κ1) is 16.4. The van der Waals surface area contributed by atoms with Gasteiger partial charge in [0.1, 0.15) is 5.82 Å². The molecule has 4 aromatic rings. The van der Waals surface area contributed by atoms with Gasteiger partial charge >= 0.3 is 0 Å². The second-order valence-corrected chi connectivity index (χ2v) is 7.84. The molecular weight excluding hydrogens is 377 g/mol. The first-order valence-electron chi connectivity index (χ1n) is 7.61. The van der Waals surface area contributed by atoms with Gasteiger partial charge in [0, 0.05) is 16.5 Å². The molecule has 0 radical (unpaired) electrons. The molecule has 0 aliphatic rings. The van der Waals surface area contributed by atoms with E-state index in [0.29, 0.717) is 11.3 Å². The fourth-order valence-corrected chi connectivity index (χ4v) is 3.01. The molecule has 1 aromatic heterocycles. The summed E-state index contributed by atoms with van der Waals surface area (Å²) in [5.74, 6) is 0.738. The van der Waals surface area contributed by atoms with Gasteiger partial charge in [0.25, 0.3) is 0 Å². The highest BCUT2D eigenvalue weighted by Gasteiger charge is 2.28. The molecule has 0 aliphatic carbocycles. The Hall–Kier alpha value is -2.07. The number of nitrogens with one attached hydrogen (secondary N) is 1. The predicted octanol–water partition coefficient (Wildman–Crippen LogP) is 6.35. The first-order chi connectivity index (χ1) is 12.0. The van der Waals surface area contributed by atoms with E-state index in [1.54, 1.807) is 0 Å². The van der Waals surface area contributed by atoms with E-state index in [1.807, 2.05) is 48.5 Å². The van der Waals surface area contributed by atoms with E-state index >= 15 is 0 Å². The number of para-hydroxylation sites is 1. The van der Waals surface area contributed by atoms with Crippen LogP contribution in [0.5, 0.6) is 0 Å². The van der Waals surface area contributed by atoms with E-state index in [2.05, 4.69) is 33.5 Å². The Bertz CT molecular complexity index is 1070. The van der Waals surface area contributed by atoms with Crippen molar-refractivity contribution in [2.75, 3.05) is 5.32 Å². The third kappa shape index (κ3) is 3.23. The maximum atomic E-state index is 6.01. The van der Waals surface area contributed by atoms with Gasteiger partial charge in [0.15, 0.2) is 5.82 Å². The number of benzene rings is 3. The highest BCUT2D eigenvalue weighted by molar-refractivity contribution is 6.66. The number of fused-ring (bicyclic) bond motifs is 2. The summed E-state index contributed by atoms with van der Waals surface area (Å²) >= 11 is 18.0. The molecular formula is C19H12Cl3N3. The average Bonchev–Trinajstić information content (AvgIpc) is 2.61. The number of nitrogens with zero attached hydrogens (tertiary/aromatic N) is 2. The maximum Gasteiger partial charge on any atom is 0.250 e. The number of halogens is 3. The van der Waals surface area contributed by atoms with Crippen LogP contribution < -0.4 is 5.32 Å². The van der Waals surface area contributed by atoms with Crippen LogP contribution in [0.25, 0.3) is 21.7 Å². The predicted molar refractivity (Wildman–Crippen MR) is 106 cm³/mol. The highest BCUT2D eigenvalue weighted by Crippen LogP contribution is 2.38. The Balaban J connectivity index is 1.91. The molecule has 4 rings (SSSR count). The van der Waals surface area contributed by atoms with Crippen LogP contribution in [0, 0.1) is 0 Å². The van der Waals surface area contributed by atoms with Crippen molar-refractivity contribution in [3.8, 4) is 0 Å². The summed E-state index contributed by atoms with van der Waals surface area (Å²) in [5.41, 5.74) is 1.64. The molecule has 124 valence electrons. The lowest BCUT2D eigenvalue weighted by Crippen LogP contribution is -2.09. The monoisotopic (exact) mass is 387 g/mol. The lowest BCUT2D eigenvalue weighted by Gasteiger charge is -2.15. The van der Waals surface area contributed by atoms with E-state index in [0.717, 1.165) is 21.8 Å². The van der Waals surface area contributed by atoms with Gasteiger partial charge in [-0.15, -0.1) is 0 Å². The Morgan fingerprint density at radius 1 is 0.720 bits per heavy atom. The fraction of sp³-hybridized carbons (Fsp3) is 0.0526. The fourth-order valence-electron chi connectivity index (χ4n) is 2.76. The van der Waals surface area contributed by atoms with Gasteiger partial charge in [-0.05, 0) is 23.6 Å². The van der Waals surface area contributed by atoms with Crippen molar-refractivity contribution < 1.29 is 0 Å². The minimum Gasteiger partial charge on any atom is -0.339 e. The van der Waals surface area contributed by atoms with Gasteiger partial charge in [-0.1, -0.05) is 83.3 Å². The van der Waals surface area contributed by atoms with E-state index < -0.39 is 3.79 Å². The van der Waals surface area contributed by atoms with Crippen molar-refractivity contribution in [3.05, 3.63) is 72.6 Å². The van der Waals surface area contributed by atoms with Crippen LogP contribution in [-0.2, 0) is 3.79 Å². The van der Waals surface area contributed by atoms with Crippen LogP contribution in [0.1, 0.15) is 5.82 Å². The lowest BCUT2D eigenvalue weighted by atomic mass is 10.1. The molecule has 0 fully saturated rings. The van der Waals surface area contributed by atoms with Crippen LogP contribution in [0.2, 0.25) is 0 Å². The second kappa shape index (κ2) is 6.34. The Morgan fingerprint density at radius 3 is 2.20 bits per heavy atom. The van der Waals surface area contributed by atoms with Gasteiger partial charge < -0.3 is 5.32 Å². The Kier molecular flexibility index (Phi) is 4.16. The average molecular weight is 389 g/mol. The number of anilines is 2. The van der Waals surface area contributed by atoms with Gasteiger partial charge in [-0.2, -0.15) is 0 Å². The zero-order valence-electron chi connectivity index (χ0n) is 12.9. The zero-order chi connectivity index (χ0) is 17.4. The molecule has 3 nitrogen and oxygen atoms in total. The molecule has 25 heavy (non-hydrogen) atoms. The van der Waals surface area contributed by atoms with E-state index in [9.17, 15) is 0 Å². The van der Waals surface area contributed by atoms with Crippen LogP contribution >= 0.6 is 34.8 Å². The third-order valence-corrected chi connectivity index (χ3v) is 4.41. The van der Waals surface area contributed by atoms with Crippen molar-refractivity contribution in [2.24, 2.45) is 0 Å². The van der Waals surface area contributed by atoms with Crippen LogP contribution in [0.15, 0.2) is 66.7 Å². The lowest BCUT2D eigenvalue weighted by molar-refractivity contribution is 0.999. The van der Waals surface area contributed by atoms with E-state index in [1.165, 1.54) is 0 Å². The van der Waals surface area contributed by atoms with Crippen LogP contribution in [0.4, 0.5) is 11.5 Å². The summed E-state index contributed by atoms with van der Waals surface area (Å²) in [6.45, 7) is 0. The standard InChI is InChI=1S/C19H12Cl3N3/c20-19(21,22)18-24-16-10-4-3-9-14(16)17(25-18)23-15-11-5-7-12-6-1-2-8-13(12)15/h1-11H,(H,23,24,25). The number of aromatic nitrogens is 2. The molecule has 3 aromatic carbocycles. The quantitative estimate of drug-likeness (QED) is 0.406. The van der Waals surface area contributed by atoms with E-state index in [-0.39, 0.29) is 5.82 Å². The molecule has 1 heterocycles. The van der Waals surface area contributed by atoms with Gasteiger partial charge in [-0.25, -0.2) is 9.97 Å². The molecule has 1 N–H and O–H groups in total. The SMILES string of the molecule is ClC(Cl)(Cl)c1nc(Nc2cccc3ccccc23)c2ccccc2n1. The molecule has 0 bridgehead atoms. The summed E-state index contributed by atoms with van der Waals surface area (Å²) in [7, 11) is 0. The van der Waals surface area contributed by atoms with Crippen molar-refractivity contribution in [1.82, 2.24) is 9.97 Å². The first-order valence-corrected chi connectivity index (χ1v) is 8.74. The minimum absolute atomic E-state index is 0.138. The summed E-state index contributed by atoms with van der Waals surface area (Å²) in [4.78, 5) is 8.82. The van der Waals surface area contributed by atoms with Crippen LogP contribution in [0.3, 0.4) is 0 Å². The molecule has 0 saturated heterocycles. The summed E-state index contributed by atoms with van der Waals surface area (Å²) in [6.07, 6.45) is 0. The van der Waals surface area contributed by atoms with Gasteiger partial charge in [-0.3, -0.25) is 0 Å². The second-order valence-electron chi connectivity index (χ2n) is 5.56. The van der Waals surface area contributed by atoms with Crippen molar-refractivity contribution in [3.63, 3.8) is 0 Å². The third-order valence-electron chi connectivity index (χ3n) is 3.90. The summed E-state index contributed by atoms with van der Waals surface area (Å²) in [6, 6.07) is 21.8. The zero-order valence-corrected chi connectivity index (χ0v) is 15.1. The number of alkyl halides is 3. The molecule has 6 heteroatoms. The van der Waals surface area contributed by atoms with Crippen molar-refractivity contribution in [2.45, 2.75) is 3.79 Å². The summed E-state index contributed by atoms with van der Waals surface area (Å²) < 4.78 is -1.70. The van der Waals surface area contributed by atoms with Crippen LogP contribution in [-0.4, -0.2) is 9.97 Å². The summed E-state index contributed by atoms with van der Waals surface area (Å²) in [5, 5.41) is 6.45. The van der Waals surface area contributed by atoms with Crippen molar-refractivity contribution >= 4 is 68.0 Å². The Morgan fingerprint density at radius 2 is 1.40 bits per heavy atom. The molecule has 0 amide bonds. The van der Waals surface area contributed by atoms with Gasteiger partial charge in [0.2, 0.25) is 3.79 Å². The topological polar surface area (TPSA) is 37.8 Å². The number of hydrogen-bond donors (Lipinski definition) is 1. The smallest absolute Gasteiger partial charge is 0.250 e. The largest absolute Gasteiger partial charge is 0.339 e. The molecule has 0 unspecified atom stereocenters. The number of hydrogen-bond acceptors (Lipinski definition) is 3. The van der Waals surface area contributed by atoms with Gasteiger partial charge in [0.05, 0.1) is 5.52 Å². The highest BCUT2D eigenvalue weighted by atomic mass is 35.6. The molecule has 0 saturated carbocycles. The molecule has 0 aliphatic heterocycles. The molecule has 0 atom stereocenters. The maximum absolute atomic E-state index is 6.01. The number of rotatable bonds is 2. The van der Waals surface area contributed by atoms with Crippen molar-refractivity contribution in [1.29, 1.82) is 0 Å². The Labute approximate surface area is 159 Å². The van der Waals surface area contributed by atoms with E-state index in [4.69, 9.17) is 34.8 Å². The molecule has 0 spiro atoms.